The average molecular weight is 227 g/mol. The maximum atomic E-state index is 11.5. The smallest absolute Gasteiger partial charge is 0.326 e. The Kier molecular flexibility index (Phi) is 4.01. The van der Waals surface area contributed by atoms with E-state index in [1.165, 1.54) is 10.7 Å². The molecule has 3 N–H and O–H groups in total. The van der Waals surface area contributed by atoms with Crippen LogP contribution in [0.1, 0.15) is 16.9 Å². The van der Waals surface area contributed by atoms with Gasteiger partial charge in [0, 0.05) is 26.3 Å². The molecule has 1 atom stereocenters. The zero-order valence-electron chi connectivity index (χ0n) is 8.75. The standard InChI is InChI=1S/C9H13N3O4/c1-12-4-2-6(11-12)8(14)10-7(3-5-13)9(15)16/h2,4,7,13H,3,5H2,1H3,(H,10,14)(H,15,16). The van der Waals surface area contributed by atoms with E-state index in [1.807, 2.05) is 0 Å². The van der Waals surface area contributed by atoms with Crippen molar-refractivity contribution in [3.05, 3.63) is 18.0 Å². The van der Waals surface area contributed by atoms with Crippen molar-refractivity contribution in [3.63, 3.8) is 0 Å². The van der Waals surface area contributed by atoms with Gasteiger partial charge in [-0.3, -0.25) is 9.48 Å². The van der Waals surface area contributed by atoms with Gasteiger partial charge < -0.3 is 15.5 Å². The van der Waals surface area contributed by atoms with Crippen molar-refractivity contribution in [2.45, 2.75) is 12.5 Å². The van der Waals surface area contributed by atoms with Crippen LogP contribution in [0.25, 0.3) is 0 Å². The van der Waals surface area contributed by atoms with Gasteiger partial charge in [-0.15, -0.1) is 0 Å². The highest BCUT2D eigenvalue weighted by molar-refractivity contribution is 5.94. The van der Waals surface area contributed by atoms with Crippen LogP contribution in [-0.2, 0) is 11.8 Å². The number of carboxylic acid groups (broad SMARTS) is 1. The maximum absolute atomic E-state index is 11.5. The van der Waals surface area contributed by atoms with Crippen LogP contribution in [0.5, 0.6) is 0 Å². The number of aliphatic hydroxyl groups excluding tert-OH is 1. The van der Waals surface area contributed by atoms with Crippen molar-refractivity contribution in [2.24, 2.45) is 7.05 Å². The van der Waals surface area contributed by atoms with Crippen LogP contribution in [0.2, 0.25) is 0 Å². The first-order valence-corrected chi connectivity index (χ1v) is 4.68. The lowest BCUT2D eigenvalue weighted by Gasteiger charge is -2.11. The van der Waals surface area contributed by atoms with Crippen molar-refractivity contribution in [1.29, 1.82) is 0 Å². The number of amides is 1. The van der Waals surface area contributed by atoms with E-state index in [2.05, 4.69) is 10.4 Å². The lowest BCUT2D eigenvalue weighted by Crippen LogP contribution is -2.41. The topological polar surface area (TPSA) is 104 Å². The van der Waals surface area contributed by atoms with Crippen LogP contribution >= 0.6 is 0 Å². The highest BCUT2D eigenvalue weighted by Gasteiger charge is 2.20. The third-order valence-corrected chi connectivity index (χ3v) is 1.97. The molecule has 0 aromatic carbocycles. The number of rotatable bonds is 5. The third kappa shape index (κ3) is 3.06. The van der Waals surface area contributed by atoms with E-state index in [9.17, 15) is 9.59 Å². The molecule has 0 bridgehead atoms. The number of aromatic nitrogens is 2. The second-order valence-electron chi connectivity index (χ2n) is 3.25. The Bertz CT molecular complexity index is 388. The Hall–Kier alpha value is -1.89. The van der Waals surface area contributed by atoms with Crippen molar-refractivity contribution in [2.75, 3.05) is 6.61 Å². The van der Waals surface area contributed by atoms with E-state index < -0.39 is 17.9 Å². The predicted octanol–water partition coefficient (Wildman–Crippen LogP) is -1.01. The van der Waals surface area contributed by atoms with Crippen LogP contribution < -0.4 is 5.32 Å². The van der Waals surface area contributed by atoms with Gasteiger partial charge in [0.25, 0.3) is 5.91 Å². The molecule has 88 valence electrons. The molecule has 0 saturated heterocycles. The van der Waals surface area contributed by atoms with Crippen molar-refractivity contribution in [1.82, 2.24) is 15.1 Å². The van der Waals surface area contributed by atoms with Crippen LogP contribution in [0, 0.1) is 0 Å². The number of aliphatic carboxylic acids is 1. The number of aliphatic hydroxyl groups is 1. The first-order chi connectivity index (χ1) is 7.54. The molecule has 0 saturated carbocycles. The monoisotopic (exact) mass is 227 g/mol. The number of nitrogens with zero attached hydrogens (tertiary/aromatic N) is 2. The van der Waals surface area contributed by atoms with E-state index in [-0.39, 0.29) is 18.7 Å². The molecule has 0 radical (unpaired) electrons. The molecule has 7 nitrogen and oxygen atoms in total. The number of hydrogen-bond acceptors (Lipinski definition) is 4. The van der Waals surface area contributed by atoms with Gasteiger partial charge in [-0.05, 0) is 6.07 Å². The second-order valence-corrected chi connectivity index (χ2v) is 3.25. The minimum Gasteiger partial charge on any atom is -0.480 e. The zero-order chi connectivity index (χ0) is 12.1. The molecule has 7 heteroatoms. The minimum absolute atomic E-state index is 0.0338. The summed E-state index contributed by atoms with van der Waals surface area (Å²) in [5, 5.41) is 23.5. The van der Waals surface area contributed by atoms with Crippen molar-refractivity contribution < 1.29 is 19.8 Å². The summed E-state index contributed by atoms with van der Waals surface area (Å²) in [4.78, 5) is 22.2. The summed E-state index contributed by atoms with van der Waals surface area (Å²) in [6.45, 7) is -0.306. The van der Waals surface area contributed by atoms with Gasteiger partial charge in [-0.25, -0.2) is 4.79 Å². The van der Waals surface area contributed by atoms with Gasteiger partial charge in [0.05, 0.1) is 0 Å². The zero-order valence-corrected chi connectivity index (χ0v) is 8.75. The summed E-state index contributed by atoms with van der Waals surface area (Å²) in [5.41, 5.74) is 0.145. The first-order valence-electron chi connectivity index (χ1n) is 4.68. The molecule has 16 heavy (non-hydrogen) atoms. The van der Waals surface area contributed by atoms with Crippen molar-refractivity contribution >= 4 is 11.9 Å². The van der Waals surface area contributed by atoms with Gasteiger partial charge in [-0.2, -0.15) is 5.10 Å². The Morgan fingerprint density at radius 3 is 2.75 bits per heavy atom. The highest BCUT2D eigenvalue weighted by Crippen LogP contribution is 1.97. The summed E-state index contributed by atoms with van der Waals surface area (Å²) in [5.74, 6) is -1.75. The minimum atomic E-state index is -1.18. The number of carboxylic acids is 1. The maximum Gasteiger partial charge on any atom is 0.326 e. The van der Waals surface area contributed by atoms with Gasteiger partial charge in [-0.1, -0.05) is 0 Å². The number of aryl methyl sites for hydroxylation is 1. The summed E-state index contributed by atoms with van der Waals surface area (Å²) in [6, 6.07) is 0.382. The normalized spacial score (nSPS) is 12.1. The quantitative estimate of drug-likeness (QED) is 0.597. The van der Waals surface area contributed by atoms with Crippen molar-refractivity contribution in [3.8, 4) is 0 Å². The van der Waals surface area contributed by atoms with E-state index >= 15 is 0 Å². The molecule has 1 heterocycles. The Morgan fingerprint density at radius 2 is 2.31 bits per heavy atom. The average Bonchev–Trinajstić information content (AvgIpc) is 2.64. The summed E-state index contributed by atoms with van der Waals surface area (Å²) < 4.78 is 1.44. The molecular weight excluding hydrogens is 214 g/mol. The molecule has 1 amide bonds. The van der Waals surface area contributed by atoms with E-state index in [0.717, 1.165) is 0 Å². The molecule has 0 spiro atoms. The van der Waals surface area contributed by atoms with E-state index in [0.29, 0.717) is 0 Å². The number of hydrogen-bond donors (Lipinski definition) is 3. The Morgan fingerprint density at radius 1 is 1.62 bits per heavy atom. The Balaban J connectivity index is 2.65. The molecule has 1 aromatic heterocycles. The number of carbonyl (C=O) groups excluding carboxylic acids is 1. The van der Waals surface area contributed by atoms with Gasteiger partial charge in [0.2, 0.25) is 0 Å². The Labute approximate surface area is 91.7 Å². The van der Waals surface area contributed by atoms with Gasteiger partial charge in [0.1, 0.15) is 11.7 Å². The molecule has 0 aliphatic rings. The fourth-order valence-corrected chi connectivity index (χ4v) is 1.15. The van der Waals surface area contributed by atoms with Crippen LogP contribution in [0.3, 0.4) is 0 Å². The van der Waals surface area contributed by atoms with Crippen LogP contribution in [-0.4, -0.2) is 44.5 Å². The molecular formula is C9H13N3O4. The lowest BCUT2D eigenvalue weighted by atomic mass is 10.2. The summed E-state index contributed by atoms with van der Waals surface area (Å²) >= 11 is 0. The first kappa shape index (κ1) is 12.2. The van der Waals surface area contributed by atoms with Gasteiger partial charge in [0.15, 0.2) is 0 Å². The summed E-state index contributed by atoms with van der Waals surface area (Å²) in [6.07, 6.45) is 1.55. The molecule has 1 unspecified atom stereocenters. The highest BCUT2D eigenvalue weighted by atomic mass is 16.4. The molecule has 1 aromatic rings. The lowest BCUT2D eigenvalue weighted by molar-refractivity contribution is -0.139. The largest absolute Gasteiger partial charge is 0.480 e. The molecule has 0 aliphatic carbocycles. The molecule has 0 fully saturated rings. The van der Waals surface area contributed by atoms with Crippen LogP contribution in [0.4, 0.5) is 0 Å². The van der Waals surface area contributed by atoms with E-state index in [1.54, 1.807) is 13.2 Å². The van der Waals surface area contributed by atoms with Gasteiger partial charge >= 0.3 is 5.97 Å². The molecule has 0 aliphatic heterocycles. The second kappa shape index (κ2) is 5.26. The third-order valence-electron chi connectivity index (χ3n) is 1.97. The van der Waals surface area contributed by atoms with E-state index in [4.69, 9.17) is 10.2 Å². The SMILES string of the molecule is Cn1ccc(C(=O)NC(CCO)C(=O)O)n1. The number of nitrogens with one attached hydrogen (secondary N) is 1. The summed E-state index contributed by atoms with van der Waals surface area (Å²) in [7, 11) is 1.65. The molecule has 1 rings (SSSR count). The number of carbonyl (C=O) groups is 2. The predicted molar refractivity (Wildman–Crippen MR) is 53.8 cm³/mol. The fourth-order valence-electron chi connectivity index (χ4n) is 1.15. The van der Waals surface area contributed by atoms with Crippen LogP contribution in [0.15, 0.2) is 12.3 Å². The fraction of sp³-hybridized carbons (Fsp3) is 0.444.